The fourth-order valence-electron chi connectivity index (χ4n) is 7.36. The van der Waals surface area contributed by atoms with E-state index in [9.17, 15) is 5.11 Å². The lowest BCUT2D eigenvalue weighted by Gasteiger charge is -2.36. The van der Waals surface area contributed by atoms with Crippen molar-refractivity contribution >= 4 is 0 Å². The molecule has 2 aromatic heterocycles. The van der Waals surface area contributed by atoms with Gasteiger partial charge in [0.05, 0.1) is 5.69 Å². The van der Waals surface area contributed by atoms with E-state index in [0.717, 1.165) is 82.0 Å². The highest BCUT2D eigenvalue weighted by Crippen LogP contribution is 2.43. The molecule has 7 heteroatoms. The maximum absolute atomic E-state index is 11.1. The van der Waals surface area contributed by atoms with Crippen molar-refractivity contribution in [1.29, 1.82) is 0 Å². The first kappa shape index (κ1) is 33.8. The monoisotopic (exact) mass is 672 g/mol. The van der Waals surface area contributed by atoms with Gasteiger partial charge in [-0.2, -0.15) is 0 Å². The van der Waals surface area contributed by atoms with Crippen molar-refractivity contribution in [2.24, 2.45) is 0 Å². The fourth-order valence-corrected chi connectivity index (χ4v) is 7.36. The van der Waals surface area contributed by atoms with Gasteiger partial charge < -0.3 is 9.67 Å². The Bertz CT molecular complexity index is 2100. The SMILES string of the molecule is CCCc1nc(C(C)(C)O)c(CCC)n1-c1ccc(-c2ccccc2-c2nnnn2C(c2ccccc2)(c2ccccc2)c2ccccc2)cc1. The molecular formula is C44H44N6O. The molecule has 2 heterocycles. The number of benzene rings is 5. The molecular weight excluding hydrogens is 629 g/mol. The van der Waals surface area contributed by atoms with Gasteiger partial charge in [-0.1, -0.05) is 148 Å². The van der Waals surface area contributed by atoms with Crippen LogP contribution in [-0.2, 0) is 24.0 Å². The highest BCUT2D eigenvalue weighted by Gasteiger charge is 2.42. The second-order valence-electron chi connectivity index (χ2n) is 13.5. The standard InChI is InChI=1S/C44H44N6O/c1-5-18-39-41(43(3,4)51)45-40(19-6-2)49(39)36-30-28-32(29-31-36)37-26-16-17-27-38(37)42-46-47-48-50(42)44(33-20-10-7-11-21-33,34-22-12-8-13-23-34)35-24-14-9-15-25-35/h7-17,20-31,51H,5-6,18-19H2,1-4H3. The zero-order chi connectivity index (χ0) is 35.4. The van der Waals surface area contributed by atoms with E-state index in [1.165, 1.54) is 0 Å². The van der Waals surface area contributed by atoms with Crippen LogP contribution >= 0.6 is 0 Å². The predicted molar refractivity (Wildman–Crippen MR) is 204 cm³/mol. The minimum atomic E-state index is -1.03. The number of imidazole rings is 1. The van der Waals surface area contributed by atoms with Crippen molar-refractivity contribution in [2.75, 3.05) is 0 Å². The summed E-state index contributed by atoms with van der Waals surface area (Å²) >= 11 is 0. The van der Waals surface area contributed by atoms with E-state index in [4.69, 9.17) is 15.3 Å². The number of aromatic nitrogens is 6. The topological polar surface area (TPSA) is 81.7 Å². The zero-order valence-corrected chi connectivity index (χ0v) is 29.7. The minimum absolute atomic E-state index is 0.658. The summed E-state index contributed by atoms with van der Waals surface area (Å²) in [6.07, 6.45) is 3.57. The van der Waals surface area contributed by atoms with Crippen molar-refractivity contribution < 1.29 is 5.11 Å². The van der Waals surface area contributed by atoms with E-state index < -0.39 is 11.1 Å². The van der Waals surface area contributed by atoms with Crippen LogP contribution in [0.5, 0.6) is 0 Å². The third kappa shape index (κ3) is 6.19. The van der Waals surface area contributed by atoms with E-state index in [1.54, 1.807) is 0 Å². The van der Waals surface area contributed by atoms with Crippen LogP contribution in [0.15, 0.2) is 140 Å². The molecule has 256 valence electrons. The lowest BCUT2D eigenvalue weighted by molar-refractivity contribution is 0.0730. The van der Waals surface area contributed by atoms with Gasteiger partial charge in [0, 0.05) is 23.4 Å². The molecule has 51 heavy (non-hydrogen) atoms. The molecule has 0 aliphatic rings. The van der Waals surface area contributed by atoms with Crippen LogP contribution in [0.2, 0.25) is 0 Å². The second-order valence-corrected chi connectivity index (χ2v) is 13.5. The first-order valence-electron chi connectivity index (χ1n) is 17.9. The fraction of sp³-hybridized carbons (Fsp3) is 0.227. The van der Waals surface area contributed by atoms with Crippen molar-refractivity contribution in [2.45, 2.75) is 64.5 Å². The Kier molecular flexibility index (Phi) is 9.48. The predicted octanol–water partition coefficient (Wildman–Crippen LogP) is 9.17. The van der Waals surface area contributed by atoms with Crippen LogP contribution in [-0.4, -0.2) is 34.9 Å². The van der Waals surface area contributed by atoms with E-state index in [0.29, 0.717) is 5.82 Å². The molecule has 0 aliphatic heterocycles. The Morgan fingerprint density at radius 1 is 0.608 bits per heavy atom. The van der Waals surface area contributed by atoms with Gasteiger partial charge in [-0.15, -0.1) is 5.10 Å². The molecule has 0 saturated carbocycles. The Balaban J connectivity index is 1.40. The first-order chi connectivity index (χ1) is 24.9. The van der Waals surface area contributed by atoms with Gasteiger partial charge in [0.15, 0.2) is 5.82 Å². The average molecular weight is 673 g/mol. The van der Waals surface area contributed by atoms with Crippen LogP contribution in [0.1, 0.15) is 74.4 Å². The first-order valence-corrected chi connectivity index (χ1v) is 17.9. The number of nitrogens with zero attached hydrogens (tertiary/aromatic N) is 6. The van der Waals surface area contributed by atoms with Crippen molar-refractivity contribution in [3.8, 4) is 28.2 Å². The van der Waals surface area contributed by atoms with E-state index in [1.807, 2.05) is 42.8 Å². The van der Waals surface area contributed by atoms with Gasteiger partial charge in [0.25, 0.3) is 0 Å². The molecule has 1 N–H and O–H groups in total. The summed E-state index contributed by atoms with van der Waals surface area (Å²) in [4.78, 5) is 4.99. The molecule has 7 rings (SSSR count). The number of tetrazole rings is 1. The zero-order valence-electron chi connectivity index (χ0n) is 29.7. The van der Waals surface area contributed by atoms with Crippen LogP contribution in [0.25, 0.3) is 28.2 Å². The number of aryl methyl sites for hydroxylation is 1. The molecule has 5 aromatic carbocycles. The van der Waals surface area contributed by atoms with E-state index in [2.05, 4.69) is 139 Å². The Morgan fingerprint density at radius 3 is 1.63 bits per heavy atom. The number of hydrogen-bond acceptors (Lipinski definition) is 5. The van der Waals surface area contributed by atoms with E-state index in [-0.39, 0.29) is 0 Å². The van der Waals surface area contributed by atoms with Crippen molar-refractivity contribution in [3.05, 3.63) is 173 Å². The van der Waals surface area contributed by atoms with Crippen LogP contribution in [0, 0.1) is 0 Å². The van der Waals surface area contributed by atoms with Crippen molar-refractivity contribution in [3.63, 3.8) is 0 Å². The highest BCUT2D eigenvalue weighted by molar-refractivity contribution is 5.81. The lowest BCUT2D eigenvalue weighted by Crippen LogP contribution is -2.39. The molecule has 0 fully saturated rings. The Hall–Kier alpha value is -5.66. The molecule has 7 aromatic rings. The Labute approximate surface area is 300 Å². The van der Waals surface area contributed by atoms with Gasteiger partial charge >= 0.3 is 0 Å². The maximum atomic E-state index is 11.1. The van der Waals surface area contributed by atoms with E-state index >= 15 is 0 Å². The Morgan fingerprint density at radius 2 is 1.12 bits per heavy atom. The molecule has 0 spiro atoms. The summed E-state index contributed by atoms with van der Waals surface area (Å²) in [6, 6.07) is 48.4. The average Bonchev–Trinajstić information content (AvgIpc) is 3.80. The third-order valence-electron chi connectivity index (χ3n) is 9.55. The molecule has 0 unspecified atom stereocenters. The number of aliphatic hydroxyl groups is 1. The molecule has 7 nitrogen and oxygen atoms in total. The minimum Gasteiger partial charge on any atom is -0.384 e. The summed E-state index contributed by atoms with van der Waals surface area (Å²) in [5.74, 6) is 1.63. The molecule has 0 bridgehead atoms. The summed E-state index contributed by atoms with van der Waals surface area (Å²) in [5, 5.41) is 24.9. The van der Waals surface area contributed by atoms with Crippen LogP contribution in [0.3, 0.4) is 0 Å². The summed E-state index contributed by atoms with van der Waals surface area (Å²) in [7, 11) is 0. The van der Waals surface area contributed by atoms with Crippen LogP contribution < -0.4 is 0 Å². The largest absolute Gasteiger partial charge is 0.384 e. The summed E-state index contributed by atoms with van der Waals surface area (Å²) in [5.41, 5.74) is 7.12. The molecule has 0 amide bonds. The summed E-state index contributed by atoms with van der Waals surface area (Å²) in [6.45, 7) is 7.98. The smallest absolute Gasteiger partial charge is 0.184 e. The molecule has 0 radical (unpaired) electrons. The highest BCUT2D eigenvalue weighted by atomic mass is 16.3. The normalized spacial score (nSPS) is 11.9. The van der Waals surface area contributed by atoms with Gasteiger partial charge in [0.1, 0.15) is 17.0 Å². The third-order valence-corrected chi connectivity index (χ3v) is 9.55. The number of hydrogen-bond donors (Lipinski definition) is 1. The van der Waals surface area contributed by atoms with Crippen LogP contribution in [0.4, 0.5) is 0 Å². The quantitative estimate of drug-likeness (QED) is 0.131. The van der Waals surface area contributed by atoms with Crippen molar-refractivity contribution in [1.82, 2.24) is 29.8 Å². The van der Waals surface area contributed by atoms with Gasteiger partial charge in [-0.05, 0) is 77.1 Å². The second kappa shape index (κ2) is 14.3. The summed E-state index contributed by atoms with van der Waals surface area (Å²) < 4.78 is 4.24. The van der Waals surface area contributed by atoms with Gasteiger partial charge in [0.2, 0.25) is 0 Å². The lowest BCUT2D eigenvalue weighted by atomic mass is 9.77. The number of rotatable bonds is 12. The maximum Gasteiger partial charge on any atom is 0.184 e. The molecule has 0 atom stereocenters. The molecule has 0 aliphatic carbocycles. The molecule has 0 saturated heterocycles. The van der Waals surface area contributed by atoms with Gasteiger partial charge in [-0.3, -0.25) is 0 Å². The van der Waals surface area contributed by atoms with Gasteiger partial charge in [-0.25, -0.2) is 9.67 Å².